The number of hydrogen-bond donors (Lipinski definition) is 2. The number of nitrogens with one attached hydrogen (secondary N) is 2. The molecule has 33 heavy (non-hydrogen) atoms. The number of likely N-dealkylation sites (tertiary alicyclic amines) is 1. The Balaban J connectivity index is 1.49. The van der Waals surface area contributed by atoms with E-state index < -0.39 is 11.7 Å². The number of para-hydroxylation sites is 1. The zero-order chi connectivity index (χ0) is 23.4. The Morgan fingerprint density at radius 1 is 1.12 bits per heavy atom. The second kappa shape index (κ2) is 9.62. The van der Waals surface area contributed by atoms with Gasteiger partial charge in [0.05, 0.1) is 22.7 Å². The molecule has 0 spiro atoms. The van der Waals surface area contributed by atoms with Gasteiger partial charge in [-0.15, -0.1) is 11.3 Å². The molecule has 2 aromatic carbocycles. The van der Waals surface area contributed by atoms with Gasteiger partial charge < -0.3 is 15.5 Å². The molecule has 2 amide bonds. The van der Waals surface area contributed by atoms with Crippen molar-refractivity contribution >= 4 is 39.7 Å². The third-order valence-electron chi connectivity index (χ3n) is 5.37. The molecule has 1 aromatic heterocycles. The van der Waals surface area contributed by atoms with Crippen LogP contribution in [0.1, 0.15) is 28.8 Å². The second-order valence-corrected chi connectivity index (χ2v) is 8.56. The number of carbonyl (C=O) groups excluding carboxylic acids is 2. The average molecular weight is 475 g/mol. The van der Waals surface area contributed by atoms with Crippen LogP contribution in [0.4, 0.5) is 29.7 Å². The number of anilines is 3. The predicted molar refractivity (Wildman–Crippen MR) is 121 cm³/mol. The van der Waals surface area contributed by atoms with Crippen LogP contribution in [0.25, 0.3) is 0 Å². The summed E-state index contributed by atoms with van der Waals surface area (Å²) in [4.78, 5) is 31.6. The van der Waals surface area contributed by atoms with Crippen LogP contribution in [0.2, 0.25) is 0 Å². The summed E-state index contributed by atoms with van der Waals surface area (Å²) in [6.45, 7) is 0.756. The number of aromatic nitrogens is 1. The van der Waals surface area contributed by atoms with E-state index in [0.29, 0.717) is 35.8 Å². The third-order valence-corrected chi connectivity index (χ3v) is 6.06. The molecule has 0 saturated carbocycles. The van der Waals surface area contributed by atoms with Crippen molar-refractivity contribution in [2.75, 3.05) is 23.7 Å². The lowest BCUT2D eigenvalue weighted by atomic mass is 9.96. The molecule has 2 heterocycles. The van der Waals surface area contributed by atoms with Crippen molar-refractivity contribution in [3.63, 3.8) is 0 Å². The molecule has 3 aromatic rings. The van der Waals surface area contributed by atoms with E-state index in [1.165, 1.54) is 23.5 Å². The zero-order valence-corrected chi connectivity index (χ0v) is 18.2. The number of benzene rings is 2. The van der Waals surface area contributed by atoms with Crippen LogP contribution < -0.4 is 10.6 Å². The first-order chi connectivity index (χ1) is 15.8. The topological polar surface area (TPSA) is 74.3 Å². The molecule has 1 fully saturated rings. The highest BCUT2D eigenvalue weighted by Crippen LogP contribution is 2.32. The van der Waals surface area contributed by atoms with Gasteiger partial charge in [0.1, 0.15) is 0 Å². The van der Waals surface area contributed by atoms with Gasteiger partial charge in [-0.3, -0.25) is 9.59 Å². The maximum Gasteiger partial charge on any atom is 0.416 e. The Morgan fingerprint density at radius 2 is 1.94 bits per heavy atom. The Hall–Kier alpha value is -3.40. The van der Waals surface area contributed by atoms with Crippen molar-refractivity contribution in [2.24, 2.45) is 5.92 Å². The monoisotopic (exact) mass is 474 g/mol. The molecular weight excluding hydrogens is 453 g/mol. The summed E-state index contributed by atoms with van der Waals surface area (Å²) in [6, 6.07) is 11.5. The van der Waals surface area contributed by atoms with E-state index >= 15 is 0 Å². The fourth-order valence-corrected chi connectivity index (χ4v) is 4.28. The summed E-state index contributed by atoms with van der Waals surface area (Å²) >= 11 is 1.32. The molecule has 1 aliphatic rings. The smallest absolute Gasteiger partial charge is 0.355 e. The molecule has 1 atom stereocenters. The van der Waals surface area contributed by atoms with Gasteiger partial charge in [0.2, 0.25) is 5.91 Å². The van der Waals surface area contributed by atoms with Crippen molar-refractivity contribution < 1.29 is 22.8 Å². The number of halogens is 3. The highest BCUT2D eigenvalue weighted by atomic mass is 32.1. The van der Waals surface area contributed by atoms with Crippen molar-refractivity contribution in [3.05, 3.63) is 71.2 Å². The fraction of sp³-hybridized carbons (Fsp3) is 0.261. The van der Waals surface area contributed by atoms with E-state index in [1.807, 2.05) is 0 Å². The van der Waals surface area contributed by atoms with Crippen LogP contribution in [-0.2, 0) is 11.0 Å². The minimum Gasteiger partial charge on any atom is -0.355 e. The molecular formula is C23H21F3N4O2S. The van der Waals surface area contributed by atoms with Crippen LogP contribution >= 0.6 is 11.3 Å². The fourth-order valence-electron chi connectivity index (χ4n) is 3.75. The molecule has 1 unspecified atom stereocenters. The Kier molecular flexibility index (Phi) is 6.64. The molecule has 0 bridgehead atoms. The van der Waals surface area contributed by atoms with Crippen molar-refractivity contribution in [2.45, 2.75) is 19.0 Å². The minimum atomic E-state index is -4.46. The maximum absolute atomic E-state index is 13.3. The Labute approximate surface area is 192 Å². The normalized spacial score (nSPS) is 16.3. The summed E-state index contributed by atoms with van der Waals surface area (Å²) in [6.07, 6.45) is -1.53. The Bertz CT molecular complexity index is 1130. The number of nitrogens with zero attached hydrogens (tertiary/aromatic N) is 2. The van der Waals surface area contributed by atoms with Crippen LogP contribution in [-0.4, -0.2) is 34.8 Å². The van der Waals surface area contributed by atoms with Crippen LogP contribution in [0.5, 0.6) is 0 Å². The summed E-state index contributed by atoms with van der Waals surface area (Å²) in [5.41, 5.74) is 0.179. The SMILES string of the molecule is O=C(Nc1nccs1)C1CCCN(C(=O)c2ccccc2Nc2cccc(C(F)(F)F)c2)C1. The molecule has 172 valence electrons. The first kappa shape index (κ1) is 22.8. The lowest BCUT2D eigenvalue weighted by Gasteiger charge is -2.32. The predicted octanol–water partition coefficient (Wildman–Crippen LogP) is 5.40. The van der Waals surface area contributed by atoms with Crippen molar-refractivity contribution in [1.29, 1.82) is 0 Å². The van der Waals surface area contributed by atoms with Crippen molar-refractivity contribution in [1.82, 2.24) is 9.88 Å². The van der Waals surface area contributed by atoms with Gasteiger partial charge in [-0.2, -0.15) is 13.2 Å². The summed E-state index contributed by atoms with van der Waals surface area (Å²) < 4.78 is 39.2. The first-order valence-electron chi connectivity index (χ1n) is 10.3. The number of amides is 2. The molecule has 0 radical (unpaired) electrons. The van der Waals surface area contributed by atoms with Gasteiger partial charge in [0, 0.05) is 30.4 Å². The minimum absolute atomic E-state index is 0.183. The lowest BCUT2D eigenvalue weighted by molar-refractivity contribution is -0.137. The summed E-state index contributed by atoms with van der Waals surface area (Å²) in [7, 11) is 0. The number of rotatable bonds is 5. The van der Waals surface area contributed by atoms with Crippen LogP contribution in [0.3, 0.4) is 0 Å². The standard InChI is InChI=1S/C23H21F3N4O2S/c24-23(25,26)16-6-3-7-17(13-16)28-19-9-2-1-8-18(19)21(32)30-11-4-5-15(14-30)20(31)29-22-27-10-12-33-22/h1-3,6-10,12-13,15,28H,4-5,11,14H2,(H,27,29,31). The highest BCUT2D eigenvalue weighted by molar-refractivity contribution is 7.13. The van der Waals surface area contributed by atoms with Gasteiger partial charge >= 0.3 is 6.18 Å². The highest BCUT2D eigenvalue weighted by Gasteiger charge is 2.31. The first-order valence-corrected chi connectivity index (χ1v) is 11.2. The van der Waals surface area contributed by atoms with E-state index in [0.717, 1.165) is 12.1 Å². The van der Waals surface area contributed by atoms with E-state index in [9.17, 15) is 22.8 Å². The van der Waals surface area contributed by atoms with E-state index in [4.69, 9.17) is 0 Å². The van der Waals surface area contributed by atoms with E-state index in [1.54, 1.807) is 40.7 Å². The number of thiazole rings is 1. The third kappa shape index (κ3) is 5.51. The Morgan fingerprint density at radius 3 is 2.70 bits per heavy atom. The van der Waals surface area contributed by atoms with Crippen LogP contribution in [0, 0.1) is 5.92 Å². The quantitative estimate of drug-likeness (QED) is 0.520. The molecule has 0 aliphatic carbocycles. The summed E-state index contributed by atoms with van der Waals surface area (Å²) in [5, 5.41) is 7.99. The van der Waals surface area contributed by atoms with Gasteiger partial charge in [0.15, 0.2) is 5.13 Å². The summed E-state index contributed by atoms with van der Waals surface area (Å²) in [5.74, 6) is -0.829. The number of piperidine rings is 1. The average Bonchev–Trinajstić information content (AvgIpc) is 3.32. The number of hydrogen-bond acceptors (Lipinski definition) is 5. The van der Waals surface area contributed by atoms with Crippen molar-refractivity contribution in [3.8, 4) is 0 Å². The molecule has 10 heteroatoms. The molecule has 1 saturated heterocycles. The van der Waals surface area contributed by atoms with E-state index in [-0.39, 0.29) is 30.0 Å². The maximum atomic E-state index is 13.3. The van der Waals surface area contributed by atoms with Gasteiger partial charge in [0.25, 0.3) is 5.91 Å². The number of carbonyl (C=O) groups is 2. The molecule has 4 rings (SSSR count). The molecule has 6 nitrogen and oxygen atoms in total. The van der Waals surface area contributed by atoms with Gasteiger partial charge in [-0.25, -0.2) is 4.98 Å². The molecule has 2 N–H and O–H groups in total. The van der Waals surface area contributed by atoms with Crippen LogP contribution in [0.15, 0.2) is 60.1 Å². The van der Waals surface area contributed by atoms with Gasteiger partial charge in [-0.1, -0.05) is 18.2 Å². The number of alkyl halides is 3. The lowest BCUT2D eigenvalue weighted by Crippen LogP contribution is -2.43. The zero-order valence-electron chi connectivity index (χ0n) is 17.4. The second-order valence-electron chi connectivity index (χ2n) is 7.67. The molecule has 1 aliphatic heterocycles. The largest absolute Gasteiger partial charge is 0.416 e. The van der Waals surface area contributed by atoms with E-state index in [2.05, 4.69) is 15.6 Å². The van der Waals surface area contributed by atoms with Gasteiger partial charge in [-0.05, 0) is 43.2 Å².